The molecule has 7 nitrogen and oxygen atoms in total. The van der Waals surface area contributed by atoms with Crippen molar-refractivity contribution in [3.8, 4) is 16.9 Å². The number of aliphatic imine (C=N–C) groups is 1. The fourth-order valence-electron chi connectivity index (χ4n) is 3.05. The largest absolute Gasteiger partial charge is 0.496 e. The van der Waals surface area contributed by atoms with Gasteiger partial charge in [0.1, 0.15) is 11.6 Å². The lowest BCUT2D eigenvalue weighted by molar-refractivity contribution is -0.142. The van der Waals surface area contributed by atoms with Crippen molar-refractivity contribution in [3.05, 3.63) is 59.5 Å². The normalized spacial score (nSPS) is 15.3. The highest BCUT2D eigenvalue weighted by Gasteiger charge is 2.23. The van der Waals surface area contributed by atoms with E-state index < -0.39 is 18.0 Å². The van der Waals surface area contributed by atoms with Gasteiger partial charge in [0.2, 0.25) is 0 Å². The number of nitrogens with zero attached hydrogens (tertiary/aromatic N) is 1. The number of esters is 1. The molecule has 3 rings (SSSR count). The number of benzene rings is 2. The average molecular weight is 426 g/mol. The van der Waals surface area contributed by atoms with Gasteiger partial charge in [-0.25, -0.2) is 4.39 Å². The molecule has 2 aromatic carbocycles. The van der Waals surface area contributed by atoms with Crippen molar-refractivity contribution in [2.24, 2.45) is 4.99 Å². The summed E-state index contributed by atoms with van der Waals surface area (Å²) in [7, 11) is 1.53. The monoisotopic (exact) mass is 426 g/mol. The summed E-state index contributed by atoms with van der Waals surface area (Å²) in [4.78, 5) is 28.2. The minimum Gasteiger partial charge on any atom is -0.496 e. The minimum absolute atomic E-state index is 0.105. The number of nitrogens with one attached hydrogen (secondary N) is 1. The minimum atomic E-state index is -0.728. The fraction of sp³-hybridized carbons (Fsp3) is 0.261. The van der Waals surface area contributed by atoms with E-state index in [4.69, 9.17) is 14.2 Å². The second-order valence-electron chi connectivity index (χ2n) is 6.70. The highest BCUT2D eigenvalue weighted by molar-refractivity contribution is 5.87. The van der Waals surface area contributed by atoms with E-state index in [1.807, 2.05) is 0 Å². The quantitative estimate of drug-likeness (QED) is 0.655. The first-order valence-corrected chi connectivity index (χ1v) is 9.75. The lowest BCUT2D eigenvalue weighted by Gasteiger charge is -2.13. The maximum absolute atomic E-state index is 13.7. The maximum Gasteiger partial charge on any atom is 0.311 e. The number of hydrogen-bond donors (Lipinski definition) is 1. The zero-order chi connectivity index (χ0) is 22.2. The number of halogens is 1. The van der Waals surface area contributed by atoms with Crippen LogP contribution in [-0.4, -0.2) is 44.6 Å². The van der Waals surface area contributed by atoms with Crippen LogP contribution < -0.4 is 10.1 Å². The van der Waals surface area contributed by atoms with Gasteiger partial charge >= 0.3 is 5.97 Å². The van der Waals surface area contributed by atoms with E-state index in [1.54, 1.807) is 43.3 Å². The molecule has 0 spiro atoms. The molecule has 1 aliphatic heterocycles. The molecule has 1 unspecified atom stereocenters. The number of hydrogen-bond acceptors (Lipinski definition) is 6. The second kappa shape index (κ2) is 10.4. The van der Waals surface area contributed by atoms with E-state index in [2.05, 4.69) is 10.3 Å². The number of amides is 1. The molecule has 0 saturated heterocycles. The number of carbonyl (C=O) groups is 2. The van der Waals surface area contributed by atoms with Crippen LogP contribution in [0, 0.1) is 5.82 Å². The van der Waals surface area contributed by atoms with Crippen molar-refractivity contribution in [3.63, 3.8) is 0 Å². The van der Waals surface area contributed by atoms with Crippen molar-refractivity contribution in [1.82, 2.24) is 5.32 Å². The van der Waals surface area contributed by atoms with Gasteiger partial charge in [-0.1, -0.05) is 24.3 Å². The molecule has 0 saturated carbocycles. The van der Waals surface area contributed by atoms with Crippen LogP contribution >= 0.6 is 0 Å². The zero-order valence-corrected chi connectivity index (χ0v) is 17.3. The number of ether oxygens (including phenoxy) is 3. The van der Waals surface area contributed by atoms with Gasteiger partial charge in [0, 0.05) is 11.3 Å². The Kier molecular flexibility index (Phi) is 7.37. The summed E-state index contributed by atoms with van der Waals surface area (Å²) < 4.78 is 29.1. The summed E-state index contributed by atoms with van der Waals surface area (Å²) in [5.74, 6) is -0.663. The molecule has 1 N–H and O–H groups in total. The predicted molar refractivity (Wildman–Crippen MR) is 114 cm³/mol. The molecule has 162 valence electrons. The lowest BCUT2D eigenvalue weighted by atomic mass is 10.0. The Morgan fingerprint density at radius 2 is 2.03 bits per heavy atom. The first kappa shape index (κ1) is 22.0. The van der Waals surface area contributed by atoms with Crippen LogP contribution in [0.5, 0.6) is 5.75 Å². The third-order valence-corrected chi connectivity index (χ3v) is 4.51. The second-order valence-corrected chi connectivity index (χ2v) is 6.70. The maximum atomic E-state index is 13.7. The third-order valence-electron chi connectivity index (χ3n) is 4.51. The Balaban J connectivity index is 1.82. The SMILES string of the molecule is CCOC(=O)CC(=Cc1ccc(-c2cc(F)ccc2OC)cc1)NC(=O)C1CN=CO1. The Labute approximate surface area is 179 Å². The van der Waals surface area contributed by atoms with Gasteiger partial charge in [-0.2, -0.15) is 0 Å². The van der Waals surface area contributed by atoms with Crippen LogP contribution in [0.3, 0.4) is 0 Å². The Bertz CT molecular complexity index is 994. The molecule has 1 amide bonds. The van der Waals surface area contributed by atoms with Crippen LogP contribution in [0.1, 0.15) is 18.9 Å². The molecule has 8 heteroatoms. The molecule has 0 radical (unpaired) electrons. The molecule has 0 aromatic heterocycles. The van der Waals surface area contributed by atoms with Crippen LogP contribution in [-0.2, 0) is 19.1 Å². The highest BCUT2D eigenvalue weighted by atomic mass is 19.1. The van der Waals surface area contributed by atoms with E-state index in [-0.39, 0.29) is 25.4 Å². The molecule has 31 heavy (non-hydrogen) atoms. The Morgan fingerprint density at radius 1 is 1.26 bits per heavy atom. The summed E-state index contributed by atoms with van der Waals surface area (Å²) in [5.41, 5.74) is 2.50. The molecular weight excluding hydrogens is 403 g/mol. The zero-order valence-electron chi connectivity index (χ0n) is 17.3. The van der Waals surface area contributed by atoms with Crippen LogP contribution in [0.4, 0.5) is 4.39 Å². The van der Waals surface area contributed by atoms with Crippen molar-refractivity contribution in [1.29, 1.82) is 0 Å². The van der Waals surface area contributed by atoms with E-state index in [0.717, 1.165) is 11.1 Å². The molecule has 1 heterocycles. The highest BCUT2D eigenvalue weighted by Crippen LogP contribution is 2.31. The van der Waals surface area contributed by atoms with Gasteiger partial charge in [0.15, 0.2) is 12.5 Å². The van der Waals surface area contributed by atoms with Gasteiger partial charge in [-0.3, -0.25) is 14.6 Å². The van der Waals surface area contributed by atoms with E-state index in [9.17, 15) is 14.0 Å². The van der Waals surface area contributed by atoms with Crippen LogP contribution in [0.25, 0.3) is 17.2 Å². The van der Waals surface area contributed by atoms with Gasteiger partial charge in [-0.05, 0) is 42.3 Å². The first-order chi connectivity index (χ1) is 15.0. The van der Waals surface area contributed by atoms with Gasteiger partial charge in [0.25, 0.3) is 5.91 Å². The van der Waals surface area contributed by atoms with Crippen molar-refractivity contribution < 1.29 is 28.2 Å². The first-order valence-electron chi connectivity index (χ1n) is 9.75. The van der Waals surface area contributed by atoms with Gasteiger partial charge < -0.3 is 19.5 Å². The topological polar surface area (TPSA) is 86.2 Å². The van der Waals surface area contributed by atoms with Crippen molar-refractivity contribution >= 4 is 24.4 Å². The summed E-state index contributed by atoms with van der Waals surface area (Å²) >= 11 is 0. The fourth-order valence-corrected chi connectivity index (χ4v) is 3.05. The average Bonchev–Trinajstić information content (AvgIpc) is 3.29. The summed E-state index contributed by atoms with van der Waals surface area (Å²) in [6.45, 7) is 2.18. The summed E-state index contributed by atoms with van der Waals surface area (Å²) in [5, 5.41) is 2.72. The smallest absolute Gasteiger partial charge is 0.311 e. The van der Waals surface area contributed by atoms with Crippen molar-refractivity contribution in [2.75, 3.05) is 20.3 Å². The van der Waals surface area contributed by atoms with E-state index in [1.165, 1.54) is 25.6 Å². The molecule has 1 atom stereocenters. The summed E-state index contributed by atoms with van der Waals surface area (Å²) in [6, 6.07) is 11.5. The van der Waals surface area contributed by atoms with Crippen molar-refractivity contribution in [2.45, 2.75) is 19.4 Å². The molecule has 1 aliphatic rings. The molecule has 2 aromatic rings. The number of methoxy groups -OCH3 is 1. The number of rotatable bonds is 8. The Hall–Kier alpha value is -3.68. The third kappa shape index (κ3) is 5.91. The molecular formula is C23H23FN2O5. The van der Waals surface area contributed by atoms with Gasteiger partial charge in [0.05, 0.1) is 26.7 Å². The van der Waals surface area contributed by atoms with E-state index in [0.29, 0.717) is 17.0 Å². The number of carbonyl (C=O) groups excluding carboxylic acids is 2. The molecule has 0 aliphatic carbocycles. The van der Waals surface area contributed by atoms with Gasteiger partial charge in [-0.15, -0.1) is 0 Å². The van der Waals surface area contributed by atoms with E-state index >= 15 is 0 Å². The lowest BCUT2D eigenvalue weighted by Crippen LogP contribution is -2.36. The summed E-state index contributed by atoms with van der Waals surface area (Å²) in [6.07, 6.45) is 2.08. The predicted octanol–water partition coefficient (Wildman–Crippen LogP) is 3.34. The Morgan fingerprint density at radius 3 is 2.68 bits per heavy atom. The van der Waals surface area contributed by atoms with Crippen LogP contribution in [0.15, 0.2) is 53.2 Å². The standard InChI is InChI=1S/C23H23FN2O5/c1-3-30-22(27)12-18(26-23(28)21-13-25-14-31-21)10-15-4-6-16(7-5-15)19-11-17(24)8-9-20(19)29-2/h4-11,14,21H,3,12-13H2,1-2H3,(H,26,28). The molecule has 0 fully saturated rings. The molecule has 0 bridgehead atoms. The van der Waals surface area contributed by atoms with Crippen LogP contribution in [0.2, 0.25) is 0 Å².